The fourth-order valence-corrected chi connectivity index (χ4v) is 3.33. The van der Waals surface area contributed by atoms with E-state index in [2.05, 4.69) is 22.2 Å². The second kappa shape index (κ2) is 5.75. The van der Waals surface area contributed by atoms with E-state index in [0.29, 0.717) is 18.2 Å². The highest BCUT2D eigenvalue weighted by Crippen LogP contribution is 2.25. The number of nitrogens with zero attached hydrogens (tertiary/aromatic N) is 3. The van der Waals surface area contributed by atoms with Crippen molar-refractivity contribution in [2.24, 2.45) is 5.92 Å². The van der Waals surface area contributed by atoms with Crippen LogP contribution in [0.15, 0.2) is 17.8 Å². The van der Waals surface area contributed by atoms with Crippen LogP contribution >= 0.6 is 11.3 Å². The molecule has 5 nitrogen and oxygen atoms in total. The molecule has 0 bridgehead atoms. The van der Waals surface area contributed by atoms with Gasteiger partial charge in [-0.3, -0.25) is 4.79 Å². The van der Waals surface area contributed by atoms with Crippen molar-refractivity contribution in [2.75, 3.05) is 25.0 Å². The minimum atomic E-state index is 0.291. The normalized spacial score (nSPS) is 16.9. The van der Waals surface area contributed by atoms with Crippen LogP contribution in [-0.4, -0.2) is 40.4 Å². The van der Waals surface area contributed by atoms with Gasteiger partial charge in [0.25, 0.3) is 0 Å². The third-order valence-electron chi connectivity index (χ3n) is 3.56. The molecule has 1 aliphatic heterocycles. The number of fused-ring (bicyclic) bond motifs is 1. The van der Waals surface area contributed by atoms with Crippen LogP contribution in [0.25, 0.3) is 10.2 Å². The molecule has 3 heterocycles. The molecule has 6 heteroatoms. The van der Waals surface area contributed by atoms with Gasteiger partial charge < -0.3 is 10.2 Å². The van der Waals surface area contributed by atoms with E-state index in [1.165, 1.54) is 0 Å². The third-order valence-corrected chi connectivity index (χ3v) is 4.47. The number of hydrogen-bond acceptors (Lipinski definition) is 5. The van der Waals surface area contributed by atoms with Crippen molar-refractivity contribution >= 4 is 33.3 Å². The zero-order valence-electron chi connectivity index (χ0n) is 11.5. The molecular weight excluding hydrogens is 272 g/mol. The first kappa shape index (κ1) is 13.3. The number of carbonyl (C=O) groups is 1. The average Bonchev–Trinajstić information content (AvgIpc) is 3.06. The fraction of sp³-hybridized carbons (Fsp3) is 0.500. The Morgan fingerprint density at radius 2 is 2.40 bits per heavy atom. The monoisotopic (exact) mass is 290 g/mol. The van der Waals surface area contributed by atoms with Crippen LogP contribution in [0.4, 0.5) is 5.82 Å². The lowest BCUT2D eigenvalue weighted by Gasteiger charge is -2.21. The third kappa shape index (κ3) is 2.75. The van der Waals surface area contributed by atoms with Gasteiger partial charge in [-0.25, -0.2) is 9.97 Å². The first-order valence-corrected chi connectivity index (χ1v) is 7.82. The SMILES string of the molecule is C[C@@H](CNc1ncnc2ccsc12)CN1CCCC1=O. The van der Waals surface area contributed by atoms with E-state index >= 15 is 0 Å². The Bertz CT molecular complexity index is 612. The smallest absolute Gasteiger partial charge is 0.222 e. The molecule has 1 saturated heterocycles. The lowest BCUT2D eigenvalue weighted by atomic mass is 10.1. The van der Waals surface area contributed by atoms with E-state index in [9.17, 15) is 4.79 Å². The second-order valence-corrected chi connectivity index (χ2v) is 6.20. The number of hydrogen-bond donors (Lipinski definition) is 1. The molecule has 0 radical (unpaired) electrons. The van der Waals surface area contributed by atoms with Crippen molar-refractivity contribution in [2.45, 2.75) is 19.8 Å². The molecule has 0 unspecified atom stereocenters. The maximum Gasteiger partial charge on any atom is 0.222 e. The van der Waals surface area contributed by atoms with E-state index in [-0.39, 0.29) is 0 Å². The fourth-order valence-electron chi connectivity index (χ4n) is 2.52. The lowest BCUT2D eigenvalue weighted by Crippen LogP contribution is -2.32. The minimum absolute atomic E-state index is 0.291. The molecule has 1 aliphatic rings. The number of carbonyl (C=O) groups excluding carboxylic acids is 1. The lowest BCUT2D eigenvalue weighted by molar-refractivity contribution is -0.128. The Kier molecular flexibility index (Phi) is 3.82. The summed E-state index contributed by atoms with van der Waals surface area (Å²) in [5.74, 6) is 1.59. The molecule has 0 spiro atoms. The van der Waals surface area contributed by atoms with Crippen LogP contribution < -0.4 is 5.32 Å². The molecule has 1 amide bonds. The van der Waals surface area contributed by atoms with Crippen LogP contribution in [0, 0.1) is 5.92 Å². The Labute approximate surface area is 122 Å². The Hall–Kier alpha value is -1.69. The molecule has 1 fully saturated rings. The van der Waals surface area contributed by atoms with Crippen molar-refractivity contribution in [1.82, 2.24) is 14.9 Å². The first-order valence-electron chi connectivity index (χ1n) is 6.94. The number of amides is 1. The van der Waals surface area contributed by atoms with Crippen LogP contribution in [0.2, 0.25) is 0 Å². The molecule has 1 N–H and O–H groups in total. The van der Waals surface area contributed by atoms with Crippen LogP contribution in [0.5, 0.6) is 0 Å². The summed E-state index contributed by atoms with van der Waals surface area (Å²) < 4.78 is 1.09. The summed E-state index contributed by atoms with van der Waals surface area (Å²) in [5.41, 5.74) is 0.981. The first-order chi connectivity index (χ1) is 9.74. The van der Waals surface area contributed by atoms with E-state index in [1.54, 1.807) is 17.7 Å². The van der Waals surface area contributed by atoms with Gasteiger partial charge in [-0.2, -0.15) is 0 Å². The van der Waals surface area contributed by atoms with Gasteiger partial charge in [0.2, 0.25) is 5.91 Å². The van der Waals surface area contributed by atoms with E-state index in [4.69, 9.17) is 0 Å². The summed E-state index contributed by atoms with van der Waals surface area (Å²) in [6.07, 6.45) is 3.30. The zero-order chi connectivity index (χ0) is 13.9. The minimum Gasteiger partial charge on any atom is -0.368 e. The standard InChI is InChI=1S/C14H18N4OS/c1-10(8-18-5-2-3-12(18)19)7-15-14-13-11(4-6-20-13)16-9-17-14/h4,6,9-10H,2-3,5,7-8H2,1H3,(H,15,16,17)/t10-/m0/s1. The van der Waals surface area contributed by atoms with Crippen molar-refractivity contribution in [1.29, 1.82) is 0 Å². The predicted octanol–water partition coefficient (Wildman–Crippen LogP) is 2.36. The highest BCUT2D eigenvalue weighted by atomic mass is 32.1. The molecule has 106 valence electrons. The van der Waals surface area contributed by atoms with E-state index < -0.39 is 0 Å². The number of nitrogens with one attached hydrogen (secondary N) is 1. The van der Waals surface area contributed by atoms with Gasteiger partial charge in [0, 0.05) is 26.1 Å². The van der Waals surface area contributed by atoms with Crippen molar-refractivity contribution in [3.05, 3.63) is 17.8 Å². The average molecular weight is 290 g/mol. The number of rotatable bonds is 5. The molecule has 0 saturated carbocycles. The van der Waals surface area contributed by atoms with Crippen molar-refractivity contribution in [3.63, 3.8) is 0 Å². The van der Waals surface area contributed by atoms with Crippen molar-refractivity contribution in [3.8, 4) is 0 Å². The van der Waals surface area contributed by atoms with Gasteiger partial charge in [-0.05, 0) is 23.8 Å². The molecular formula is C14H18N4OS. The summed E-state index contributed by atoms with van der Waals surface area (Å²) in [6, 6.07) is 2.00. The van der Waals surface area contributed by atoms with Gasteiger partial charge in [-0.15, -0.1) is 11.3 Å². The zero-order valence-corrected chi connectivity index (χ0v) is 12.3. The van der Waals surface area contributed by atoms with Gasteiger partial charge in [0.1, 0.15) is 12.1 Å². The van der Waals surface area contributed by atoms with Gasteiger partial charge in [0.05, 0.1) is 10.2 Å². The maximum atomic E-state index is 11.6. The summed E-state index contributed by atoms with van der Waals surface area (Å²) in [7, 11) is 0. The highest BCUT2D eigenvalue weighted by Gasteiger charge is 2.21. The number of likely N-dealkylation sites (tertiary alicyclic amines) is 1. The summed E-state index contributed by atoms with van der Waals surface area (Å²) >= 11 is 1.65. The van der Waals surface area contributed by atoms with Crippen LogP contribution in [0.3, 0.4) is 0 Å². The predicted molar refractivity (Wildman–Crippen MR) is 80.9 cm³/mol. The van der Waals surface area contributed by atoms with E-state index in [0.717, 1.165) is 42.1 Å². The van der Waals surface area contributed by atoms with Gasteiger partial charge in [0.15, 0.2) is 0 Å². The molecule has 0 aromatic carbocycles. The summed E-state index contributed by atoms with van der Waals surface area (Å²) in [6.45, 7) is 4.70. The molecule has 0 aliphatic carbocycles. The second-order valence-electron chi connectivity index (χ2n) is 5.29. The Morgan fingerprint density at radius 3 is 3.20 bits per heavy atom. The number of aromatic nitrogens is 2. The van der Waals surface area contributed by atoms with Crippen LogP contribution in [-0.2, 0) is 4.79 Å². The van der Waals surface area contributed by atoms with Crippen LogP contribution in [0.1, 0.15) is 19.8 Å². The highest BCUT2D eigenvalue weighted by molar-refractivity contribution is 7.17. The summed E-state index contributed by atoms with van der Waals surface area (Å²) in [5, 5.41) is 5.41. The Balaban J connectivity index is 1.58. The van der Waals surface area contributed by atoms with Crippen molar-refractivity contribution < 1.29 is 4.79 Å². The quantitative estimate of drug-likeness (QED) is 0.918. The van der Waals surface area contributed by atoms with E-state index in [1.807, 2.05) is 16.3 Å². The summed E-state index contributed by atoms with van der Waals surface area (Å²) in [4.78, 5) is 22.1. The molecule has 2 aromatic rings. The van der Waals surface area contributed by atoms with Gasteiger partial charge >= 0.3 is 0 Å². The Morgan fingerprint density at radius 1 is 1.50 bits per heavy atom. The molecule has 3 rings (SSSR count). The number of anilines is 1. The molecule has 20 heavy (non-hydrogen) atoms. The largest absolute Gasteiger partial charge is 0.368 e. The maximum absolute atomic E-state index is 11.6. The molecule has 2 aromatic heterocycles. The topological polar surface area (TPSA) is 58.1 Å². The molecule has 1 atom stereocenters. The number of thiophene rings is 1. The van der Waals surface area contributed by atoms with Gasteiger partial charge in [-0.1, -0.05) is 6.92 Å².